The number of aryl methyl sites for hydroxylation is 1. The predicted octanol–water partition coefficient (Wildman–Crippen LogP) is 6.45. The molecule has 0 saturated heterocycles. The van der Waals surface area contributed by atoms with Crippen molar-refractivity contribution >= 4 is 62.2 Å². The van der Waals surface area contributed by atoms with Crippen LogP contribution in [0.1, 0.15) is 20.8 Å². The average molecular weight is 458 g/mol. The van der Waals surface area contributed by atoms with Gasteiger partial charge < -0.3 is 10.1 Å². The molecule has 0 aliphatic carbocycles. The van der Waals surface area contributed by atoms with Gasteiger partial charge in [0.25, 0.3) is 0 Å². The number of hydrogen-bond donors (Lipinski definition) is 1. The third-order valence-electron chi connectivity index (χ3n) is 4.56. The van der Waals surface area contributed by atoms with Crippen molar-refractivity contribution in [1.82, 2.24) is 9.97 Å². The van der Waals surface area contributed by atoms with E-state index in [1.54, 1.807) is 12.1 Å². The summed E-state index contributed by atoms with van der Waals surface area (Å²) in [5.41, 5.74) is 2.64. The number of anilines is 2. The highest BCUT2D eigenvalue weighted by atomic mass is 35.5. The number of ether oxygens (including phenoxy) is 1. The maximum atomic E-state index is 12.7. The number of halogens is 2. The molecule has 0 bridgehead atoms. The van der Waals surface area contributed by atoms with E-state index in [1.807, 2.05) is 43.3 Å². The summed E-state index contributed by atoms with van der Waals surface area (Å²) in [6.45, 7) is 2.19. The second-order valence-electron chi connectivity index (χ2n) is 6.58. The van der Waals surface area contributed by atoms with Crippen LogP contribution in [0.4, 0.5) is 11.5 Å². The van der Waals surface area contributed by atoms with Crippen molar-refractivity contribution in [2.75, 3.05) is 11.9 Å². The van der Waals surface area contributed by atoms with Gasteiger partial charge in [0.2, 0.25) is 0 Å². The van der Waals surface area contributed by atoms with E-state index < -0.39 is 0 Å². The maximum Gasteiger partial charge on any atom is 0.348 e. The Labute approximate surface area is 187 Å². The number of hydrogen-bond acceptors (Lipinski definition) is 6. The van der Waals surface area contributed by atoms with Crippen LogP contribution in [0, 0.1) is 6.92 Å². The molecule has 0 fully saturated rings. The van der Waals surface area contributed by atoms with Crippen molar-refractivity contribution in [3.05, 3.63) is 80.9 Å². The lowest BCUT2D eigenvalue weighted by molar-refractivity contribution is 0.0514. The molecule has 0 spiro atoms. The van der Waals surface area contributed by atoms with Gasteiger partial charge in [-0.15, -0.1) is 11.3 Å². The van der Waals surface area contributed by atoms with E-state index in [4.69, 9.17) is 27.9 Å². The second-order valence-corrected chi connectivity index (χ2v) is 8.40. The molecule has 0 saturated carbocycles. The Morgan fingerprint density at radius 2 is 1.90 bits per heavy atom. The van der Waals surface area contributed by atoms with Crippen LogP contribution < -0.4 is 5.32 Å². The van der Waals surface area contributed by atoms with E-state index in [1.165, 1.54) is 17.7 Å². The van der Waals surface area contributed by atoms with Gasteiger partial charge in [-0.25, -0.2) is 14.8 Å². The fourth-order valence-corrected chi connectivity index (χ4v) is 4.38. The molecule has 0 unspecified atom stereocenters. The molecule has 0 aliphatic rings. The van der Waals surface area contributed by atoms with E-state index in [-0.39, 0.29) is 5.97 Å². The molecule has 0 aliphatic heterocycles. The number of fused-ring (bicyclic) bond motifs is 1. The molecular weight excluding hydrogens is 441 g/mol. The summed E-state index contributed by atoms with van der Waals surface area (Å²) < 4.78 is 5.50. The number of nitrogens with zero attached hydrogens (tertiary/aromatic N) is 2. The Morgan fingerprint density at radius 1 is 1.10 bits per heavy atom. The van der Waals surface area contributed by atoms with E-state index >= 15 is 0 Å². The number of thiophene rings is 1. The van der Waals surface area contributed by atoms with Gasteiger partial charge in [0, 0.05) is 12.1 Å². The monoisotopic (exact) mass is 457 g/mol. The zero-order chi connectivity index (χ0) is 21.1. The quantitative estimate of drug-likeness (QED) is 0.337. The topological polar surface area (TPSA) is 64.1 Å². The Kier molecular flexibility index (Phi) is 6.18. The number of carbonyl (C=O) groups excluding carboxylic acids is 1. The second kappa shape index (κ2) is 9.00. The lowest BCUT2D eigenvalue weighted by Gasteiger charge is -2.08. The molecule has 0 radical (unpaired) electrons. The summed E-state index contributed by atoms with van der Waals surface area (Å²) in [5, 5.41) is 4.93. The number of benzene rings is 2. The Morgan fingerprint density at radius 3 is 2.67 bits per heavy atom. The molecule has 4 aromatic rings. The summed E-state index contributed by atoms with van der Waals surface area (Å²) in [6.07, 6.45) is 2.13. The third kappa shape index (κ3) is 4.41. The number of esters is 1. The Hall–Kier alpha value is -2.67. The zero-order valence-corrected chi connectivity index (χ0v) is 18.3. The molecule has 30 heavy (non-hydrogen) atoms. The number of aromatic nitrogens is 2. The van der Waals surface area contributed by atoms with Crippen LogP contribution >= 0.6 is 34.5 Å². The highest BCUT2D eigenvalue weighted by Crippen LogP contribution is 2.35. The molecule has 2 heterocycles. The van der Waals surface area contributed by atoms with E-state index in [2.05, 4.69) is 15.3 Å². The van der Waals surface area contributed by atoms with Crippen molar-refractivity contribution in [1.29, 1.82) is 0 Å². The van der Waals surface area contributed by atoms with Gasteiger partial charge in [0.15, 0.2) is 0 Å². The van der Waals surface area contributed by atoms with Crippen molar-refractivity contribution in [3.8, 4) is 0 Å². The van der Waals surface area contributed by atoms with Gasteiger partial charge in [-0.3, -0.25) is 0 Å². The lowest BCUT2D eigenvalue weighted by Crippen LogP contribution is -2.07. The Bertz CT molecular complexity index is 1210. The predicted molar refractivity (Wildman–Crippen MR) is 122 cm³/mol. The van der Waals surface area contributed by atoms with Crippen LogP contribution in [-0.2, 0) is 11.2 Å². The average Bonchev–Trinajstić information content (AvgIpc) is 3.09. The van der Waals surface area contributed by atoms with Crippen LogP contribution in [0.2, 0.25) is 10.0 Å². The first-order chi connectivity index (χ1) is 14.5. The van der Waals surface area contributed by atoms with Crippen LogP contribution in [0.15, 0.2) is 54.9 Å². The molecule has 5 nitrogen and oxygen atoms in total. The standard InChI is InChI=1S/C22H17Cl2N3O2S/c1-13-18-20(27-15-7-8-16(23)17(24)11-15)25-12-26-21(18)30-19(13)22(28)29-10-9-14-5-3-2-4-6-14/h2-8,11-12H,9-10H2,1H3,(H,25,26,27). The first kappa shape index (κ1) is 20.6. The van der Waals surface area contributed by atoms with E-state index in [9.17, 15) is 4.79 Å². The normalized spacial score (nSPS) is 10.9. The van der Waals surface area contributed by atoms with E-state index in [0.717, 1.165) is 22.2 Å². The van der Waals surface area contributed by atoms with Gasteiger partial charge in [0.05, 0.1) is 22.0 Å². The zero-order valence-electron chi connectivity index (χ0n) is 16.0. The van der Waals surface area contributed by atoms with Gasteiger partial charge in [-0.2, -0.15) is 0 Å². The third-order valence-corrected chi connectivity index (χ3v) is 6.48. The van der Waals surface area contributed by atoms with Crippen LogP contribution in [0.3, 0.4) is 0 Å². The fraction of sp³-hybridized carbons (Fsp3) is 0.136. The number of nitrogens with one attached hydrogen (secondary N) is 1. The smallest absolute Gasteiger partial charge is 0.348 e. The molecule has 8 heteroatoms. The first-order valence-corrected chi connectivity index (χ1v) is 10.8. The van der Waals surface area contributed by atoms with Gasteiger partial charge in [-0.05, 0) is 36.2 Å². The number of carbonyl (C=O) groups is 1. The molecule has 152 valence electrons. The highest BCUT2D eigenvalue weighted by Gasteiger charge is 2.20. The van der Waals surface area contributed by atoms with Crippen molar-refractivity contribution in [2.45, 2.75) is 13.3 Å². The maximum absolute atomic E-state index is 12.7. The molecule has 1 N–H and O–H groups in total. The van der Waals surface area contributed by atoms with Crippen LogP contribution in [-0.4, -0.2) is 22.5 Å². The largest absolute Gasteiger partial charge is 0.461 e. The summed E-state index contributed by atoms with van der Waals surface area (Å²) in [6, 6.07) is 15.1. The van der Waals surface area contributed by atoms with Crippen molar-refractivity contribution in [3.63, 3.8) is 0 Å². The van der Waals surface area contributed by atoms with Gasteiger partial charge >= 0.3 is 5.97 Å². The molecule has 0 amide bonds. The summed E-state index contributed by atoms with van der Waals surface area (Å²) >= 11 is 13.4. The molecule has 0 atom stereocenters. The fourth-order valence-electron chi connectivity index (χ4n) is 3.04. The Balaban J connectivity index is 1.55. The van der Waals surface area contributed by atoms with Crippen molar-refractivity contribution < 1.29 is 9.53 Å². The van der Waals surface area contributed by atoms with Crippen molar-refractivity contribution in [2.24, 2.45) is 0 Å². The molecular formula is C22H17Cl2N3O2S. The summed E-state index contributed by atoms with van der Waals surface area (Å²) in [4.78, 5) is 22.6. The number of rotatable bonds is 6. The molecule has 4 rings (SSSR count). The minimum absolute atomic E-state index is 0.316. The minimum atomic E-state index is -0.355. The van der Waals surface area contributed by atoms with Gasteiger partial charge in [0.1, 0.15) is 21.9 Å². The van der Waals surface area contributed by atoms with Crippen LogP contribution in [0.5, 0.6) is 0 Å². The van der Waals surface area contributed by atoms with Gasteiger partial charge in [-0.1, -0.05) is 53.5 Å². The summed E-state index contributed by atoms with van der Waals surface area (Å²) in [5.74, 6) is 0.238. The minimum Gasteiger partial charge on any atom is -0.461 e. The molecule has 2 aromatic heterocycles. The first-order valence-electron chi connectivity index (χ1n) is 9.20. The lowest BCUT2D eigenvalue weighted by atomic mass is 10.2. The molecule has 2 aromatic carbocycles. The summed E-state index contributed by atoms with van der Waals surface area (Å²) in [7, 11) is 0. The van der Waals surface area contributed by atoms with E-state index in [0.29, 0.717) is 38.6 Å². The SMILES string of the molecule is Cc1c(C(=O)OCCc2ccccc2)sc2ncnc(Nc3ccc(Cl)c(Cl)c3)c12. The van der Waals surface area contributed by atoms with Crippen LogP contribution in [0.25, 0.3) is 10.2 Å². The highest BCUT2D eigenvalue weighted by molar-refractivity contribution is 7.20.